The Morgan fingerprint density at radius 1 is 1.42 bits per heavy atom. The van der Waals surface area contributed by atoms with Gasteiger partial charge in [-0.1, -0.05) is 26.0 Å². The summed E-state index contributed by atoms with van der Waals surface area (Å²) in [6.07, 6.45) is 0.531. The number of carboxylic acids is 1. The third kappa shape index (κ3) is 4.57. The van der Waals surface area contributed by atoms with Crippen molar-refractivity contribution in [3.8, 4) is 0 Å². The number of hydrogen-bond donors (Lipinski definition) is 2. The fraction of sp³-hybridized carbons (Fsp3) is 0.462. The summed E-state index contributed by atoms with van der Waals surface area (Å²) in [4.78, 5) is 21.4. The molecule has 0 bridgehead atoms. The van der Waals surface area contributed by atoms with Gasteiger partial charge in [-0.3, -0.25) is 14.9 Å². The molecule has 0 saturated heterocycles. The van der Waals surface area contributed by atoms with Crippen LogP contribution < -0.4 is 5.32 Å². The Morgan fingerprint density at radius 2 is 2.05 bits per heavy atom. The van der Waals surface area contributed by atoms with Gasteiger partial charge in [0.15, 0.2) is 0 Å². The van der Waals surface area contributed by atoms with Crippen molar-refractivity contribution >= 4 is 17.3 Å². The van der Waals surface area contributed by atoms with Gasteiger partial charge in [-0.25, -0.2) is 0 Å². The summed E-state index contributed by atoms with van der Waals surface area (Å²) in [6, 6.07) is 6.21. The van der Waals surface area contributed by atoms with Crippen molar-refractivity contribution < 1.29 is 14.8 Å². The quantitative estimate of drug-likeness (QED) is 0.584. The van der Waals surface area contributed by atoms with Crippen LogP contribution in [0.1, 0.15) is 20.3 Å². The number of nitro groups is 1. The Bertz CT molecular complexity index is 460. The van der Waals surface area contributed by atoms with Crippen LogP contribution in [0.5, 0.6) is 0 Å². The van der Waals surface area contributed by atoms with Crippen LogP contribution in [-0.4, -0.2) is 22.5 Å². The number of benzene rings is 1. The van der Waals surface area contributed by atoms with Gasteiger partial charge in [-0.05, 0) is 18.4 Å². The Morgan fingerprint density at radius 3 is 2.58 bits per heavy atom. The molecule has 0 heterocycles. The minimum absolute atomic E-state index is 0.0452. The summed E-state index contributed by atoms with van der Waals surface area (Å²) >= 11 is 0. The third-order valence-electron chi connectivity index (χ3n) is 2.74. The topological polar surface area (TPSA) is 92.5 Å². The summed E-state index contributed by atoms with van der Waals surface area (Å²) < 4.78 is 0. The minimum atomic E-state index is -0.889. The molecule has 2 N–H and O–H groups in total. The number of nitrogens with one attached hydrogen (secondary N) is 1. The standard InChI is InChI=1S/C13H18N2O4/c1-9(2)7-10(13(16)17)8-14-11-5-3-4-6-12(11)15(18)19/h3-6,9-10,14H,7-8H2,1-2H3,(H,16,17). The maximum Gasteiger partial charge on any atom is 0.308 e. The van der Waals surface area contributed by atoms with Crippen LogP contribution in [0.15, 0.2) is 24.3 Å². The molecule has 0 fully saturated rings. The maximum atomic E-state index is 11.1. The Labute approximate surface area is 111 Å². The number of rotatable bonds is 7. The lowest BCUT2D eigenvalue weighted by atomic mass is 9.97. The number of hydrogen-bond acceptors (Lipinski definition) is 4. The van der Waals surface area contributed by atoms with Gasteiger partial charge in [0.1, 0.15) is 5.69 Å². The van der Waals surface area contributed by atoms with Crippen LogP contribution in [0.3, 0.4) is 0 Å². The van der Waals surface area contributed by atoms with E-state index in [1.807, 2.05) is 13.8 Å². The zero-order valence-corrected chi connectivity index (χ0v) is 11.0. The van der Waals surface area contributed by atoms with Crippen molar-refractivity contribution in [2.24, 2.45) is 11.8 Å². The number of carboxylic acid groups (broad SMARTS) is 1. The molecule has 0 aromatic heterocycles. The van der Waals surface area contributed by atoms with E-state index >= 15 is 0 Å². The maximum absolute atomic E-state index is 11.1. The molecule has 0 amide bonds. The molecule has 1 aromatic rings. The average molecular weight is 266 g/mol. The van der Waals surface area contributed by atoms with Crippen molar-refractivity contribution in [1.82, 2.24) is 0 Å². The first-order valence-electron chi connectivity index (χ1n) is 6.12. The number of anilines is 1. The van der Waals surface area contributed by atoms with Crippen LogP contribution in [0.4, 0.5) is 11.4 Å². The molecule has 19 heavy (non-hydrogen) atoms. The predicted octanol–water partition coefficient (Wildman–Crippen LogP) is 2.75. The molecule has 0 spiro atoms. The largest absolute Gasteiger partial charge is 0.481 e. The molecule has 1 unspecified atom stereocenters. The number of carbonyl (C=O) groups is 1. The van der Waals surface area contributed by atoms with Crippen molar-refractivity contribution in [3.63, 3.8) is 0 Å². The van der Waals surface area contributed by atoms with Gasteiger partial charge in [-0.2, -0.15) is 0 Å². The van der Waals surface area contributed by atoms with E-state index in [0.29, 0.717) is 12.1 Å². The first-order chi connectivity index (χ1) is 8.91. The van der Waals surface area contributed by atoms with E-state index in [1.54, 1.807) is 18.2 Å². The summed E-state index contributed by atoms with van der Waals surface area (Å²) in [6.45, 7) is 4.07. The molecule has 104 valence electrons. The molecular formula is C13H18N2O4. The molecule has 0 radical (unpaired) electrons. The summed E-state index contributed by atoms with van der Waals surface area (Å²) in [5, 5.41) is 22.8. The molecule has 0 aliphatic carbocycles. The zero-order valence-electron chi connectivity index (χ0n) is 11.0. The van der Waals surface area contributed by atoms with Gasteiger partial charge in [0.05, 0.1) is 10.8 Å². The first-order valence-corrected chi connectivity index (χ1v) is 6.12. The molecule has 0 aliphatic heterocycles. The molecule has 1 rings (SSSR count). The van der Waals surface area contributed by atoms with Gasteiger partial charge in [0.25, 0.3) is 5.69 Å². The van der Waals surface area contributed by atoms with E-state index in [4.69, 9.17) is 5.11 Å². The van der Waals surface area contributed by atoms with E-state index in [2.05, 4.69) is 5.32 Å². The average Bonchev–Trinajstić information content (AvgIpc) is 2.34. The minimum Gasteiger partial charge on any atom is -0.481 e. The van der Waals surface area contributed by atoms with Gasteiger partial charge in [0, 0.05) is 12.6 Å². The zero-order chi connectivity index (χ0) is 14.4. The highest BCUT2D eigenvalue weighted by Gasteiger charge is 2.20. The van der Waals surface area contributed by atoms with Crippen molar-refractivity contribution in [2.45, 2.75) is 20.3 Å². The summed E-state index contributed by atoms with van der Waals surface area (Å²) in [5.41, 5.74) is 0.304. The van der Waals surface area contributed by atoms with E-state index in [0.717, 1.165) is 0 Å². The molecule has 0 saturated carbocycles. The van der Waals surface area contributed by atoms with Crippen molar-refractivity contribution in [3.05, 3.63) is 34.4 Å². The molecule has 6 heteroatoms. The molecule has 6 nitrogen and oxygen atoms in total. The first kappa shape index (κ1) is 14.9. The summed E-state index contributed by atoms with van der Waals surface area (Å²) in [7, 11) is 0. The Balaban J connectivity index is 2.74. The van der Waals surface area contributed by atoms with Crippen molar-refractivity contribution in [1.29, 1.82) is 0 Å². The number of para-hydroxylation sites is 2. The van der Waals surface area contributed by atoms with Gasteiger partial charge >= 0.3 is 5.97 Å². The molecular weight excluding hydrogens is 248 g/mol. The van der Waals surface area contributed by atoms with E-state index in [1.165, 1.54) is 6.07 Å². The molecule has 1 aromatic carbocycles. The van der Waals surface area contributed by atoms with Gasteiger partial charge < -0.3 is 10.4 Å². The Hall–Kier alpha value is -2.11. The van der Waals surface area contributed by atoms with E-state index in [-0.39, 0.29) is 18.2 Å². The number of aliphatic carboxylic acids is 1. The third-order valence-corrected chi connectivity index (χ3v) is 2.74. The van der Waals surface area contributed by atoms with E-state index in [9.17, 15) is 14.9 Å². The SMILES string of the molecule is CC(C)CC(CNc1ccccc1[N+](=O)[O-])C(=O)O. The van der Waals surface area contributed by atoms with Crippen LogP contribution in [0.25, 0.3) is 0 Å². The lowest BCUT2D eigenvalue weighted by Crippen LogP contribution is -2.24. The normalized spacial score (nSPS) is 12.2. The van der Waals surface area contributed by atoms with Crippen LogP contribution in [0.2, 0.25) is 0 Å². The highest BCUT2D eigenvalue weighted by molar-refractivity contribution is 5.71. The number of nitro benzene ring substituents is 1. The fourth-order valence-corrected chi connectivity index (χ4v) is 1.86. The predicted molar refractivity (Wildman–Crippen MR) is 72.2 cm³/mol. The lowest BCUT2D eigenvalue weighted by Gasteiger charge is -2.16. The lowest BCUT2D eigenvalue weighted by molar-refractivity contribution is -0.384. The second-order valence-corrected chi connectivity index (χ2v) is 4.82. The summed E-state index contributed by atoms with van der Waals surface area (Å²) in [5.74, 6) is -1.19. The van der Waals surface area contributed by atoms with Crippen LogP contribution in [0, 0.1) is 22.0 Å². The smallest absolute Gasteiger partial charge is 0.308 e. The Kier molecular flexibility index (Phi) is 5.29. The molecule has 0 aliphatic rings. The molecule has 1 atom stereocenters. The van der Waals surface area contributed by atoms with Crippen molar-refractivity contribution in [2.75, 3.05) is 11.9 Å². The second-order valence-electron chi connectivity index (χ2n) is 4.82. The van der Waals surface area contributed by atoms with Crippen LogP contribution in [-0.2, 0) is 4.79 Å². The second kappa shape index (κ2) is 6.72. The number of nitrogens with zero attached hydrogens (tertiary/aromatic N) is 1. The highest BCUT2D eigenvalue weighted by Crippen LogP contribution is 2.24. The fourth-order valence-electron chi connectivity index (χ4n) is 1.86. The van der Waals surface area contributed by atoms with Gasteiger partial charge in [0.2, 0.25) is 0 Å². The monoisotopic (exact) mass is 266 g/mol. The van der Waals surface area contributed by atoms with E-state index < -0.39 is 16.8 Å². The van der Waals surface area contributed by atoms with Crippen LogP contribution >= 0.6 is 0 Å². The highest BCUT2D eigenvalue weighted by atomic mass is 16.6. The van der Waals surface area contributed by atoms with Gasteiger partial charge in [-0.15, -0.1) is 0 Å².